The van der Waals surface area contributed by atoms with E-state index < -0.39 is 11.7 Å². The molecule has 1 aromatic heterocycles. The number of aromatic nitrogens is 2. The van der Waals surface area contributed by atoms with Crippen molar-refractivity contribution in [3.8, 4) is 5.75 Å². The van der Waals surface area contributed by atoms with Crippen LogP contribution in [0.5, 0.6) is 5.75 Å². The van der Waals surface area contributed by atoms with E-state index in [1.807, 2.05) is 30.3 Å². The molecule has 0 fully saturated rings. The fourth-order valence-electron chi connectivity index (χ4n) is 1.93. The normalized spacial score (nSPS) is 10.5. The fourth-order valence-corrected chi connectivity index (χ4v) is 3.99. The molecule has 0 spiro atoms. The Kier molecular flexibility index (Phi) is 6.59. The largest absolute Gasteiger partial charge is 0.481 e. The van der Waals surface area contributed by atoms with Gasteiger partial charge < -0.3 is 4.74 Å². The average molecular weight is 454 g/mol. The summed E-state index contributed by atoms with van der Waals surface area (Å²) in [6, 6.07) is 14.4. The van der Waals surface area contributed by atoms with E-state index in [0.717, 1.165) is 10.1 Å². The molecule has 1 N–H and O–H groups in total. The summed E-state index contributed by atoms with van der Waals surface area (Å²) in [5, 5.41) is 10.9. The van der Waals surface area contributed by atoms with Crippen molar-refractivity contribution < 1.29 is 13.9 Å². The molecule has 0 aliphatic rings. The Bertz CT molecular complexity index is 893. The smallest absolute Gasteiger partial charge is 0.264 e. The minimum Gasteiger partial charge on any atom is -0.481 e. The quantitative estimate of drug-likeness (QED) is 0.413. The summed E-state index contributed by atoms with van der Waals surface area (Å²) in [4.78, 5) is 11.9. The fraction of sp³-hybridized carbons (Fsp3) is 0.118. The molecule has 0 atom stereocenters. The Morgan fingerprint density at radius 3 is 2.81 bits per heavy atom. The standard InChI is InChI=1S/C17H13BrFN3O2S2/c18-12-6-7-14(13(19)8-12)24-9-15(23)20-16-21-22-17(26-16)25-10-11-4-2-1-3-5-11/h1-8H,9-10H2,(H,20,21,23). The van der Waals surface area contributed by atoms with E-state index in [1.165, 1.54) is 29.0 Å². The highest BCUT2D eigenvalue weighted by Crippen LogP contribution is 2.28. The number of ether oxygens (including phenoxy) is 1. The number of carbonyl (C=O) groups excluding carboxylic acids is 1. The van der Waals surface area contributed by atoms with Gasteiger partial charge in [0.05, 0.1) is 0 Å². The third kappa shape index (κ3) is 5.52. The van der Waals surface area contributed by atoms with Crippen LogP contribution < -0.4 is 10.1 Å². The number of nitrogens with zero attached hydrogens (tertiary/aromatic N) is 2. The number of carbonyl (C=O) groups is 1. The number of hydrogen-bond donors (Lipinski definition) is 1. The molecule has 1 heterocycles. The summed E-state index contributed by atoms with van der Waals surface area (Å²) in [6.45, 7) is -0.315. The molecule has 134 valence electrons. The number of hydrogen-bond acceptors (Lipinski definition) is 6. The molecule has 0 aliphatic carbocycles. The number of benzene rings is 2. The predicted molar refractivity (Wildman–Crippen MR) is 104 cm³/mol. The maximum atomic E-state index is 13.6. The van der Waals surface area contributed by atoms with Gasteiger partial charge in [0, 0.05) is 10.2 Å². The third-order valence-corrected chi connectivity index (χ3v) is 5.65. The molecule has 0 aliphatic heterocycles. The highest BCUT2D eigenvalue weighted by atomic mass is 79.9. The van der Waals surface area contributed by atoms with Crippen molar-refractivity contribution in [2.45, 2.75) is 10.1 Å². The van der Waals surface area contributed by atoms with Gasteiger partial charge in [0.15, 0.2) is 22.5 Å². The first-order chi connectivity index (χ1) is 12.6. The van der Waals surface area contributed by atoms with E-state index in [-0.39, 0.29) is 12.4 Å². The Balaban J connectivity index is 1.48. The second kappa shape index (κ2) is 9.11. The number of halogens is 2. The van der Waals surface area contributed by atoms with Crippen LogP contribution in [-0.4, -0.2) is 22.7 Å². The van der Waals surface area contributed by atoms with Gasteiger partial charge in [-0.05, 0) is 23.8 Å². The molecule has 2 aromatic carbocycles. The lowest BCUT2D eigenvalue weighted by atomic mass is 10.2. The van der Waals surface area contributed by atoms with Crippen molar-refractivity contribution in [2.24, 2.45) is 0 Å². The molecule has 5 nitrogen and oxygen atoms in total. The van der Waals surface area contributed by atoms with E-state index in [1.54, 1.807) is 17.8 Å². The third-order valence-electron chi connectivity index (χ3n) is 3.11. The molecular weight excluding hydrogens is 441 g/mol. The van der Waals surface area contributed by atoms with Crippen molar-refractivity contribution in [3.05, 3.63) is 64.4 Å². The first-order valence-electron chi connectivity index (χ1n) is 7.48. The summed E-state index contributed by atoms with van der Waals surface area (Å²) in [5.74, 6) is -0.180. The Hall–Kier alpha value is -1.97. The summed E-state index contributed by atoms with van der Waals surface area (Å²) >= 11 is 5.98. The van der Waals surface area contributed by atoms with Crippen LogP contribution in [0, 0.1) is 5.82 Å². The van der Waals surface area contributed by atoms with Gasteiger partial charge in [-0.1, -0.05) is 69.4 Å². The summed E-state index contributed by atoms with van der Waals surface area (Å²) in [6.07, 6.45) is 0. The first-order valence-corrected chi connectivity index (χ1v) is 10.1. The minimum absolute atomic E-state index is 0.0136. The van der Waals surface area contributed by atoms with Crippen molar-refractivity contribution in [3.63, 3.8) is 0 Å². The lowest BCUT2D eigenvalue weighted by Crippen LogP contribution is -2.20. The van der Waals surface area contributed by atoms with Crippen LogP contribution in [0.2, 0.25) is 0 Å². The highest BCUT2D eigenvalue weighted by Gasteiger charge is 2.11. The molecule has 9 heteroatoms. The van der Waals surface area contributed by atoms with Crippen LogP contribution in [0.4, 0.5) is 9.52 Å². The van der Waals surface area contributed by atoms with E-state index >= 15 is 0 Å². The van der Waals surface area contributed by atoms with Gasteiger partial charge >= 0.3 is 0 Å². The van der Waals surface area contributed by atoms with Crippen molar-refractivity contribution in [2.75, 3.05) is 11.9 Å². The molecular formula is C17H13BrFN3O2S2. The summed E-state index contributed by atoms with van der Waals surface area (Å²) in [5.41, 5.74) is 1.18. The minimum atomic E-state index is -0.539. The van der Waals surface area contributed by atoms with Crippen LogP contribution in [0.3, 0.4) is 0 Å². The van der Waals surface area contributed by atoms with E-state index in [2.05, 4.69) is 31.4 Å². The number of amides is 1. The van der Waals surface area contributed by atoms with E-state index in [9.17, 15) is 9.18 Å². The Morgan fingerprint density at radius 2 is 2.04 bits per heavy atom. The molecule has 0 unspecified atom stereocenters. The SMILES string of the molecule is O=C(COc1ccc(Br)cc1F)Nc1nnc(SCc2ccccc2)s1. The second-order valence-electron chi connectivity index (χ2n) is 5.06. The van der Waals surface area contributed by atoms with Crippen LogP contribution in [0.15, 0.2) is 57.3 Å². The van der Waals surface area contributed by atoms with Gasteiger partial charge in [0.25, 0.3) is 5.91 Å². The van der Waals surface area contributed by atoms with Crippen LogP contribution >= 0.6 is 39.0 Å². The van der Waals surface area contributed by atoms with E-state index in [0.29, 0.717) is 9.60 Å². The van der Waals surface area contributed by atoms with Gasteiger partial charge in [-0.25, -0.2) is 4.39 Å². The second-order valence-corrected chi connectivity index (χ2v) is 8.17. The molecule has 3 aromatic rings. The average Bonchev–Trinajstić information content (AvgIpc) is 3.07. The van der Waals surface area contributed by atoms with Crippen LogP contribution in [0.25, 0.3) is 0 Å². The van der Waals surface area contributed by atoms with Gasteiger partial charge in [0.1, 0.15) is 0 Å². The number of thioether (sulfide) groups is 1. The molecule has 3 rings (SSSR count). The zero-order valence-electron chi connectivity index (χ0n) is 13.3. The predicted octanol–water partition coefficient (Wildman–Crippen LogP) is 4.75. The van der Waals surface area contributed by atoms with Crippen molar-refractivity contribution in [1.82, 2.24) is 10.2 Å². The van der Waals surface area contributed by atoms with Gasteiger partial charge in [-0.15, -0.1) is 10.2 Å². The molecule has 0 saturated carbocycles. The number of nitrogens with one attached hydrogen (secondary N) is 1. The lowest BCUT2D eigenvalue weighted by molar-refractivity contribution is -0.118. The Morgan fingerprint density at radius 1 is 1.23 bits per heavy atom. The number of anilines is 1. The summed E-state index contributed by atoms with van der Waals surface area (Å²) in [7, 11) is 0. The lowest BCUT2D eigenvalue weighted by Gasteiger charge is -2.06. The monoisotopic (exact) mass is 453 g/mol. The van der Waals surface area contributed by atoms with Crippen molar-refractivity contribution >= 4 is 50.1 Å². The molecule has 0 bridgehead atoms. The maximum absolute atomic E-state index is 13.6. The molecule has 0 radical (unpaired) electrons. The maximum Gasteiger partial charge on any atom is 0.264 e. The van der Waals surface area contributed by atoms with Crippen LogP contribution in [-0.2, 0) is 10.5 Å². The molecule has 1 amide bonds. The van der Waals surface area contributed by atoms with E-state index in [4.69, 9.17) is 4.74 Å². The van der Waals surface area contributed by atoms with Gasteiger partial charge in [0.2, 0.25) is 5.13 Å². The molecule has 26 heavy (non-hydrogen) atoms. The molecule has 0 saturated heterocycles. The summed E-state index contributed by atoms with van der Waals surface area (Å²) < 4.78 is 20.2. The van der Waals surface area contributed by atoms with Gasteiger partial charge in [-0.3, -0.25) is 10.1 Å². The zero-order chi connectivity index (χ0) is 18.4. The highest BCUT2D eigenvalue weighted by molar-refractivity contribution is 9.10. The Labute approximate surface area is 166 Å². The topological polar surface area (TPSA) is 64.1 Å². The van der Waals surface area contributed by atoms with Crippen molar-refractivity contribution in [1.29, 1.82) is 0 Å². The van der Waals surface area contributed by atoms with Gasteiger partial charge in [-0.2, -0.15) is 0 Å². The number of rotatable bonds is 7. The first kappa shape index (κ1) is 18.8. The van der Waals surface area contributed by atoms with Crippen LogP contribution in [0.1, 0.15) is 5.56 Å². The zero-order valence-corrected chi connectivity index (χ0v) is 16.5.